The second kappa shape index (κ2) is 8.94. The smallest absolute Gasteiger partial charge is 0.340 e. The monoisotopic (exact) mass is 390 g/mol. The zero-order valence-corrected chi connectivity index (χ0v) is 10.2. The summed E-state index contributed by atoms with van der Waals surface area (Å²) in [5.41, 5.74) is 0. The predicted octanol–water partition coefficient (Wildman–Crippen LogP) is 1.93. The minimum absolute atomic E-state index is 0.602. The molecule has 0 aromatic carbocycles. The highest BCUT2D eigenvalue weighted by molar-refractivity contribution is 14.1. The number of hydrogen-bond donors (Lipinski definition) is 0. The largest absolute Gasteiger partial charge is 0.537 e. The minimum atomic E-state index is -0.885. The van der Waals surface area contributed by atoms with Crippen molar-refractivity contribution in [2.45, 2.75) is 0 Å². The van der Waals surface area contributed by atoms with Crippen LogP contribution in [0.2, 0.25) is 0 Å². The molecule has 0 amide bonds. The summed E-state index contributed by atoms with van der Waals surface area (Å²) < 4.78 is 9.80. The lowest BCUT2D eigenvalue weighted by Crippen LogP contribution is -1.98. The molecule has 0 bridgehead atoms. The van der Waals surface area contributed by atoms with Crippen LogP contribution in [0.15, 0.2) is 0 Å². The van der Waals surface area contributed by atoms with Gasteiger partial charge in [-0.2, -0.15) is 0 Å². The van der Waals surface area contributed by atoms with E-state index in [-0.39, 0.29) is 0 Å². The third kappa shape index (κ3) is 7.95. The molecule has 0 saturated carbocycles. The van der Waals surface area contributed by atoms with Crippen LogP contribution >= 0.6 is 45.2 Å². The van der Waals surface area contributed by atoms with Gasteiger partial charge in [0.2, 0.25) is 0 Å². The van der Waals surface area contributed by atoms with Gasteiger partial charge in [0.05, 0.1) is 8.86 Å². The van der Waals surface area contributed by atoms with E-state index in [9.17, 15) is 4.79 Å². The molecule has 0 aromatic heterocycles. The second-order valence-corrected chi connectivity index (χ2v) is 2.80. The standard InChI is InChI=1S/C7H4I2O3/c8-3-1-5-11-7(10)12-6-2-4-9/h3-4H2. The van der Waals surface area contributed by atoms with Crippen molar-refractivity contribution in [3.8, 4) is 24.1 Å². The predicted molar refractivity (Wildman–Crippen MR) is 60.9 cm³/mol. The fraction of sp³-hybridized carbons (Fsp3) is 0.286. The second-order valence-electron chi connectivity index (χ2n) is 1.28. The molecule has 0 atom stereocenters. The molecule has 0 heterocycles. The van der Waals surface area contributed by atoms with E-state index in [0.717, 1.165) is 0 Å². The summed E-state index contributed by atoms with van der Waals surface area (Å²) in [6.45, 7) is 0. The molecule has 0 saturated heterocycles. The summed E-state index contributed by atoms with van der Waals surface area (Å²) >= 11 is 4.07. The van der Waals surface area contributed by atoms with Crippen molar-refractivity contribution in [2.75, 3.05) is 8.86 Å². The van der Waals surface area contributed by atoms with Crippen LogP contribution in [0.5, 0.6) is 0 Å². The zero-order valence-electron chi connectivity index (χ0n) is 5.89. The number of carbonyl (C=O) groups is 1. The Hall–Kier alpha value is -0.150. The molecule has 12 heavy (non-hydrogen) atoms. The Labute approximate surface area is 97.8 Å². The molecule has 0 aliphatic heterocycles. The van der Waals surface area contributed by atoms with E-state index < -0.39 is 6.16 Å². The molecule has 0 spiro atoms. The zero-order chi connectivity index (χ0) is 9.23. The molecule has 0 rings (SSSR count). The van der Waals surface area contributed by atoms with Gasteiger partial charge in [0.15, 0.2) is 0 Å². The van der Waals surface area contributed by atoms with Gasteiger partial charge in [0.1, 0.15) is 12.2 Å². The van der Waals surface area contributed by atoms with E-state index in [2.05, 4.69) is 33.5 Å². The number of hydrogen-bond acceptors (Lipinski definition) is 3. The highest BCUT2D eigenvalue weighted by Gasteiger charge is 1.97. The van der Waals surface area contributed by atoms with Crippen LogP contribution in [-0.4, -0.2) is 15.0 Å². The average Bonchev–Trinajstić information content (AvgIpc) is 2.06. The Morgan fingerprint density at radius 1 is 1.08 bits per heavy atom. The fourth-order valence-corrected chi connectivity index (χ4v) is 0.542. The van der Waals surface area contributed by atoms with Crippen molar-refractivity contribution in [3.63, 3.8) is 0 Å². The Morgan fingerprint density at radius 3 is 1.83 bits per heavy atom. The Kier molecular flexibility index (Phi) is 8.83. The van der Waals surface area contributed by atoms with Crippen molar-refractivity contribution >= 4 is 51.3 Å². The van der Waals surface area contributed by atoms with Gasteiger partial charge in [-0.05, 0) is 11.8 Å². The maximum atomic E-state index is 10.5. The van der Waals surface area contributed by atoms with E-state index in [4.69, 9.17) is 0 Å². The number of alkyl halides is 2. The van der Waals surface area contributed by atoms with Gasteiger partial charge in [-0.3, -0.25) is 0 Å². The molecule has 0 aliphatic carbocycles. The molecule has 0 aliphatic rings. The van der Waals surface area contributed by atoms with E-state index >= 15 is 0 Å². The first kappa shape index (κ1) is 11.8. The lowest BCUT2D eigenvalue weighted by molar-refractivity contribution is 0.132. The summed E-state index contributed by atoms with van der Waals surface area (Å²) in [6.07, 6.45) is 3.44. The first-order valence-electron chi connectivity index (χ1n) is 2.76. The molecule has 0 fully saturated rings. The van der Waals surface area contributed by atoms with E-state index in [0.29, 0.717) is 8.86 Å². The van der Waals surface area contributed by atoms with Crippen LogP contribution in [0.4, 0.5) is 4.79 Å². The van der Waals surface area contributed by atoms with Crippen molar-refractivity contribution in [1.29, 1.82) is 0 Å². The van der Waals surface area contributed by atoms with Crippen LogP contribution in [0.25, 0.3) is 0 Å². The van der Waals surface area contributed by atoms with Crippen LogP contribution in [-0.2, 0) is 9.47 Å². The Morgan fingerprint density at radius 2 is 1.50 bits per heavy atom. The Balaban J connectivity index is 3.60. The Bertz CT molecular complexity index is 227. The third-order valence-corrected chi connectivity index (χ3v) is 1.31. The van der Waals surface area contributed by atoms with Crippen LogP contribution in [0.1, 0.15) is 0 Å². The molecule has 5 heteroatoms. The molecular formula is C7H4I2O3. The molecule has 64 valence electrons. The van der Waals surface area contributed by atoms with Gasteiger partial charge in [0.25, 0.3) is 0 Å². The molecule has 0 radical (unpaired) electrons. The maximum Gasteiger partial charge on any atom is 0.537 e. The fourth-order valence-electron chi connectivity index (χ4n) is 0.231. The maximum absolute atomic E-state index is 10.5. The summed E-state index contributed by atoms with van der Waals surface area (Å²) in [7, 11) is 0. The van der Waals surface area contributed by atoms with E-state index in [1.54, 1.807) is 0 Å². The normalized spacial score (nSPS) is 6.83. The van der Waals surface area contributed by atoms with Gasteiger partial charge in [-0.25, -0.2) is 4.79 Å². The first-order chi connectivity index (χ1) is 5.81. The molecular weight excluding hydrogens is 386 g/mol. The highest BCUT2D eigenvalue weighted by atomic mass is 127. The van der Waals surface area contributed by atoms with Gasteiger partial charge in [-0.1, -0.05) is 45.2 Å². The minimum Gasteiger partial charge on any atom is -0.340 e. The van der Waals surface area contributed by atoms with Crippen molar-refractivity contribution in [2.24, 2.45) is 0 Å². The third-order valence-electron chi connectivity index (χ3n) is 0.547. The lowest BCUT2D eigenvalue weighted by Gasteiger charge is -1.87. The van der Waals surface area contributed by atoms with Crippen molar-refractivity contribution < 1.29 is 14.3 Å². The van der Waals surface area contributed by atoms with Gasteiger partial charge < -0.3 is 9.47 Å². The quantitative estimate of drug-likeness (QED) is 0.275. The summed E-state index contributed by atoms with van der Waals surface area (Å²) in [4.78, 5) is 10.5. The van der Waals surface area contributed by atoms with Crippen molar-refractivity contribution in [1.82, 2.24) is 0 Å². The van der Waals surface area contributed by atoms with Gasteiger partial charge >= 0.3 is 6.16 Å². The number of carbonyl (C=O) groups excluding carboxylic acids is 1. The van der Waals surface area contributed by atoms with Crippen LogP contribution in [0, 0.1) is 24.1 Å². The molecule has 0 unspecified atom stereocenters. The summed E-state index contributed by atoms with van der Waals surface area (Å²) in [6, 6.07) is 0. The first-order valence-corrected chi connectivity index (χ1v) is 5.81. The van der Waals surface area contributed by atoms with Crippen LogP contribution < -0.4 is 0 Å². The highest BCUT2D eigenvalue weighted by Crippen LogP contribution is 1.83. The van der Waals surface area contributed by atoms with Crippen molar-refractivity contribution in [3.05, 3.63) is 0 Å². The van der Waals surface area contributed by atoms with Gasteiger partial charge in [0, 0.05) is 0 Å². The summed E-state index contributed by atoms with van der Waals surface area (Å²) in [5.74, 6) is 5.07. The van der Waals surface area contributed by atoms with Gasteiger partial charge in [-0.15, -0.1) is 0 Å². The summed E-state index contributed by atoms with van der Waals surface area (Å²) in [5, 5.41) is 0. The van der Waals surface area contributed by atoms with E-state index in [1.807, 2.05) is 45.2 Å². The lowest BCUT2D eigenvalue weighted by atomic mass is 10.8. The molecule has 3 nitrogen and oxygen atoms in total. The molecule has 0 N–H and O–H groups in total. The molecule has 0 aromatic rings. The number of rotatable bonds is 0. The average molecular weight is 390 g/mol. The SMILES string of the molecule is O=C(OC#CCI)OC#CCI. The topological polar surface area (TPSA) is 35.5 Å². The van der Waals surface area contributed by atoms with Crippen LogP contribution in [0.3, 0.4) is 0 Å². The number of ether oxygens (including phenoxy) is 2. The number of halogens is 2. The van der Waals surface area contributed by atoms with E-state index in [1.165, 1.54) is 0 Å².